The second kappa shape index (κ2) is 8.71. The first-order valence-corrected chi connectivity index (χ1v) is 8.10. The summed E-state index contributed by atoms with van der Waals surface area (Å²) in [5.74, 6) is -2.17. The van der Waals surface area contributed by atoms with Gasteiger partial charge in [0.1, 0.15) is 0 Å². The van der Waals surface area contributed by atoms with Crippen LogP contribution in [0.4, 0.5) is 18.9 Å². The number of hydrogen-bond donors (Lipinski definition) is 2. The molecule has 2 rings (SSSR count). The second-order valence-corrected chi connectivity index (χ2v) is 5.99. The number of amides is 2. The molecule has 0 spiro atoms. The minimum atomic E-state index is -4.90. The van der Waals surface area contributed by atoms with Crippen molar-refractivity contribution in [3.05, 3.63) is 64.7 Å². The maximum absolute atomic E-state index is 12.1. The Balaban J connectivity index is 1.79. The Hall–Kier alpha value is -2.54. The van der Waals surface area contributed by atoms with E-state index in [-0.39, 0.29) is 18.9 Å². The molecule has 0 aliphatic heterocycles. The van der Waals surface area contributed by atoms with Gasteiger partial charge in [-0.2, -0.15) is 13.2 Å². The number of halogens is 4. The zero-order chi connectivity index (χ0) is 19.2. The van der Waals surface area contributed by atoms with E-state index in [0.717, 1.165) is 5.56 Å². The predicted octanol–water partition coefficient (Wildman–Crippen LogP) is 4.09. The Labute approximate surface area is 153 Å². The number of carbonyl (C=O) groups excluding carboxylic acids is 2. The maximum Gasteiger partial charge on any atom is 0.471 e. The number of aryl methyl sites for hydroxylation is 1. The molecule has 0 aliphatic carbocycles. The highest BCUT2D eigenvalue weighted by molar-refractivity contribution is 6.30. The molecular weight excluding hydrogens is 369 g/mol. The van der Waals surface area contributed by atoms with Gasteiger partial charge in [-0.15, -0.1) is 0 Å². The van der Waals surface area contributed by atoms with Crippen LogP contribution in [0.1, 0.15) is 17.5 Å². The van der Waals surface area contributed by atoms with E-state index in [1.54, 1.807) is 29.6 Å². The van der Waals surface area contributed by atoms with Crippen LogP contribution in [0, 0.1) is 0 Å². The lowest BCUT2D eigenvalue weighted by molar-refractivity contribution is -0.173. The van der Waals surface area contributed by atoms with Crippen molar-refractivity contribution >= 4 is 29.1 Å². The molecule has 2 aromatic rings. The Morgan fingerprint density at radius 1 is 0.923 bits per heavy atom. The standard InChI is InChI=1S/C18H16ClF3N2O2/c19-14-6-1-12(2-7-14)5-10-16(25)24-15-8-3-13(4-9-15)11-23-17(26)18(20,21)22/h1-4,6-9H,5,10-11H2,(H,23,26)(H,24,25). The van der Waals surface area contributed by atoms with Crippen LogP contribution in [0.15, 0.2) is 48.5 Å². The molecule has 2 aromatic carbocycles. The Morgan fingerprint density at radius 3 is 2.08 bits per heavy atom. The largest absolute Gasteiger partial charge is 0.471 e. The minimum absolute atomic E-state index is 0.182. The molecule has 0 saturated heterocycles. The third kappa shape index (κ3) is 6.40. The molecule has 4 nitrogen and oxygen atoms in total. The van der Waals surface area contributed by atoms with E-state index < -0.39 is 12.1 Å². The number of hydrogen-bond acceptors (Lipinski definition) is 2. The summed E-state index contributed by atoms with van der Waals surface area (Å²) >= 11 is 5.80. The monoisotopic (exact) mass is 384 g/mol. The van der Waals surface area contributed by atoms with E-state index >= 15 is 0 Å². The normalized spacial score (nSPS) is 11.1. The van der Waals surface area contributed by atoms with Gasteiger partial charge in [-0.25, -0.2) is 0 Å². The van der Waals surface area contributed by atoms with Crippen molar-refractivity contribution < 1.29 is 22.8 Å². The third-order valence-electron chi connectivity index (χ3n) is 3.50. The molecule has 0 heterocycles. The summed E-state index contributed by atoms with van der Waals surface area (Å²) in [6, 6.07) is 13.4. The summed E-state index contributed by atoms with van der Waals surface area (Å²) in [5.41, 5.74) is 2.00. The van der Waals surface area contributed by atoms with E-state index in [1.807, 2.05) is 12.1 Å². The number of rotatable bonds is 6. The molecule has 2 N–H and O–H groups in total. The van der Waals surface area contributed by atoms with E-state index in [9.17, 15) is 22.8 Å². The van der Waals surface area contributed by atoms with Crippen molar-refractivity contribution in [1.29, 1.82) is 0 Å². The molecule has 0 aromatic heterocycles. The van der Waals surface area contributed by atoms with Gasteiger partial charge in [-0.1, -0.05) is 35.9 Å². The van der Waals surface area contributed by atoms with Gasteiger partial charge in [-0.05, 0) is 41.8 Å². The molecule has 0 radical (unpaired) electrons. The molecular formula is C18H16ClF3N2O2. The van der Waals surface area contributed by atoms with Crippen LogP contribution in [0.2, 0.25) is 5.02 Å². The lowest BCUT2D eigenvalue weighted by atomic mass is 10.1. The van der Waals surface area contributed by atoms with Gasteiger partial charge in [0, 0.05) is 23.7 Å². The molecule has 2 amide bonds. The van der Waals surface area contributed by atoms with Crippen molar-refractivity contribution in [2.24, 2.45) is 0 Å². The summed E-state index contributed by atoms with van der Waals surface area (Å²) in [4.78, 5) is 22.7. The first-order chi connectivity index (χ1) is 12.2. The van der Waals surface area contributed by atoms with Gasteiger partial charge >= 0.3 is 12.1 Å². The third-order valence-corrected chi connectivity index (χ3v) is 3.75. The lowest BCUT2D eigenvalue weighted by Gasteiger charge is -2.09. The van der Waals surface area contributed by atoms with Crippen molar-refractivity contribution in [2.45, 2.75) is 25.6 Å². The van der Waals surface area contributed by atoms with Gasteiger partial charge < -0.3 is 10.6 Å². The van der Waals surface area contributed by atoms with Gasteiger partial charge in [0.2, 0.25) is 5.91 Å². The van der Waals surface area contributed by atoms with Gasteiger partial charge in [0.05, 0.1) is 0 Å². The molecule has 0 bridgehead atoms. The number of anilines is 1. The van der Waals surface area contributed by atoms with Crippen molar-refractivity contribution in [3.63, 3.8) is 0 Å². The zero-order valence-electron chi connectivity index (χ0n) is 13.6. The van der Waals surface area contributed by atoms with Crippen LogP contribution in [0.3, 0.4) is 0 Å². The van der Waals surface area contributed by atoms with E-state index in [1.165, 1.54) is 12.1 Å². The SMILES string of the molecule is O=C(CCc1ccc(Cl)cc1)Nc1ccc(CNC(=O)C(F)(F)F)cc1. The van der Waals surface area contributed by atoms with Crippen LogP contribution in [-0.2, 0) is 22.6 Å². The summed E-state index contributed by atoms with van der Waals surface area (Å²) < 4.78 is 36.3. The molecule has 0 fully saturated rings. The van der Waals surface area contributed by atoms with Crippen LogP contribution in [0.25, 0.3) is 0 Å². The van der Waals surface area contributed by atoms with E-state index in [4.69, 9.17) is 11.6 Å². The highest BCUT2D eigenvalue weighted by Crippen LogP contribution is 2.16. The quantitative estimate of drug-likeness (QED) is 0.788. The average Bonchev–Trinajstić information content (AvgIpc) is 2.59. The van der Waals surface area contributed by atoms with Crippen molar-refractivity contribution in [1.82, 2.24) is 5.32 Å². The average molecular weight is 385 g/mol. The van der Waals surface area contributed by atoms with E-state index in [0.29, 0.717) is 22.7 Å². The first-order valence-electron chi connectivity index (χ1n) is 7.72. The Kier molecular flexibility index (Phi) is 6.63. The number of nitrogens with one attached hydrogen (secondary N) is 2. The van der Waals surface area contributed by atoms with Crippen LogP contribution in [-0.4, -0.2) is 18.0 Å². The number of carbonyl (C=O) groups is 2. The van der Waals surface area contributed by atoms with Crippen LogP contribution in [0.5, 0.6) is 0 Å². The van der Waals surface area contributed by atoms with Crippen molar-refractivity contribution in [2.75, 3.05) is 5.32 Å². The van der Waals surface area contributed by atoms with Crippen molar-refractivity contribution in [3.8, 4) is 0 Å². The summed E-state index contributed by atoms with van der Waals surface area (Å²) in [7, 11) is 0. The number of benzene rings is 2. The summed E-state index contributed by atoms with van der Waals surface area (Å²) in [5, 5.41) is 5.12. The predicted molar refractivity (Wildman–Crippen MR) is 92.7 cm³/mol. The molecule has 0 atom stereocenters. The fraction of sp³-hybridized carbons (Fsp3) is 0.222. The Morgan fingerprint density at radius 2 is 1.50 bits per heavy atom. The molecule has 138 valence electrons. The minimum Gasteiger partial charge on any atom is -0.344 e. The maximum atomic E-state index is 12.1. The highest BCUT2D eigenvalue weighted by Gasteiger charge is 2.38. The molecule has 26 heavy (non-hydrogen) atoms. The number of alkyl halides is 3. The summed E-state index contributed by atoms with van der Waals surface area (Å²) in [6.07, 6.45) is -4.06. The lowest BCUT2D eigenvalue weighted by Crippen LogP contribution is -2.36. The fourth-order valence-corrected chi connectivity index (χ4v) is 2.25. The fourth-order valence-electron chi connectivity index (χ4n) is 2.12. The molecule has 0 saturated carbocycles. The van der Waals surface area contributed by atoms with E-state index in [2.05, 4.69) is 5.32 Å². The molecule has 0 aliphatic rings. The van der Waals surface area contributed by atoms with Crippen LogP contribution >= 0.6 is 11.6 Å². The second-order valence-electron chi connectivity index (χ2n) is 5.55. The highest BCUT2D eigenvalue weighted by atomic mass is 35.5. The Bertz CT molecular complexity index is 760. The van der Waals surface area contributed by atoms with Gasteiger partial charge in [-0.3, -0.25) is 9.59 Å². The van der Waals surface area contributed by atoms with Gasteiger partial charge in [0.25, 0.3) is 0 Å². The topological polar surface area (TPSA) is 58.2 Å². The van der Waals surface area contributed by atoms with Crippen LogP contribution < -0.4 is 10.6 Å². The zero-order valence-corrected chi connectivity index (χ0v) is 14.3. The summed E-state index contributed by atoms with van der Waals surface area (Å²) in [6.45, 7) is -0.247. The molecule has 8 heteroatoms. The molecule has 0 unspecified atom stereocenters. The first kappa shape index (κ1) is 19.8. The van der Waals surface area contributed by atoms with Gasteiger partial charge in [0.15, 0.2) is 0 Å². The smallest absolute Gasteiger partial charge is 0.344 e.